The molecule has 2 unspecified atom stereocenters. The number of halogens is 1. The number of anilines is 1. The van der Waals surface area contributed by atoms with E-state index in [9.17, 15) is 14.4 Å². The summed E-state index contributed by atoms with van der Waals surface area (Å²) in [5.41, 5.74) is 5.30. The van der Waals surface area contributed by atoms with E-state index in [4.69, 9.17) is 25.7 Å². The van der Waals surface area contributed by atoms with Gasteiger partial charge in [0.05, 0.1) is 39.3 Å². The van der Waals surface area contributed by atoms with Crippen molar-refractivity contribution < 1.29 is 13.9 Å². The summed E-state index contributed by atoms with van der Waals surface area (Å²) in [4.78, 5) is 56.0. The number of ether oxygens (including phenoxy) is 1. The molecule has 46 heavy (non-hydrogen) atoms. The van der Waals surface area contributed by atoms with Crippen LogP contribution < -0.4 is 21.0 Å². The van der Waals surface area contributed by atoms with Gasteiger partial charge in [0, 0.05) is 36.3 Å². The Morgan fingerprint density at radius 3 is 2.67 bits per heavy atom. The molecule has 4 aromatic heterocycles. The summed E-state index contributed by atoms with van der Waals surface area (Å²) in [7, 11) is 0. The molecule has 0 radical (unpaired) electrons. The predicted octanol–water partition coefficient (Wildman–Crippen LogP) is 5.26. The molecular formula is C34H33ClN6O5. The molecule has 0 saturated carbocycles. The number of pyridine rings is 3. The number of nitrogens with zero attached hydrogens (tertiary/aromatic N) is 5. The first kappa shape index (κ1) is 29.8. The first-order chi connectivity index (χ1) is 22.0. The Morgan fingerprint density at radius 2 is 1.93 bits per heavy atom. The highest BCUT2D eigenvalue weighted by Crippen LogP contribution is 2.44. The van der Waals surface area contributed by atoms with Gasteiger partial charge >= 0.3 is 11.3 Å². The van der Waals surface area contributed by atoms with Crippen molar-refractivity contribution in [2.24, 2.45) is 0 Å². The van der Waals surface area contributed by atoms with E-state index in [1.54, 1.807) is 27.8 Å². The van der Waals surface area contributed by atoms with Gasteiger partial charge in [0.25, 0.3) is 0 Å². The van der Waals surface area contributed by atoms with Crippen LogP contribution in [0, 0.1) is 13.8 Å². The van der Waals surface area contributed by atoms with E-state index in [1.807, 2.05) is 46.8 Å². The number of hydrogen-bond acceptors (Lipinski definition) is 8. The number of piperazine rings is 1. The summed E-state index contributed by atoms with van der Waals surface area (Å²) in [5.74, 6) is -0.560. The zero-order valence-corrected chi connectivity index (χ0v) is 26.9. The lowest BCUT2D eigenvalue weighted by molar-refractivity contribution is -0.129. The minimum Gasteiger partial charge on any atom is -0.484 e. The highest BCUT2D eigenvalue weighted by atomic mass is 35.5. The van der Waals surface area contributed by atoms with E-state index in [-0.39, 0.29) is 41.8 Å². The van der Waals surface area contributed by atoms with Crippen molar-refractivity contribution in [2.45, 2.75) is 52.6 Å². The van der Waals surface area contributed by atoms with Crippen LogP contribution in [0.3, 0.4) is 0 Å². The van der Waals surface area contributed by atoms with Crippen LogP contribution >= 0.6 is 11.6 Å². The topological polar surface area (TPSA) is 127 Å². The van der Waals surface area contributed by atoms with Crippen molar-refractivity contribution in [2.75, 3.05) is 24.6 Å². The summed E-state index contributed by atoms with van der Waals surface area (Å²) < 4.78 is 13.4. The number of fused-ring (bicyclic) bond motifs is 6. The smallest absolute Gasteiger partial charge is 0.417 e. The monoisotopic (exact) mass is 640 g/mol. The summed E-state index contributed by atoms with van der Waals surface area (Å²) in [5, 5.41) is 0.920. The molecule has 1 saturated heterocycles. The summed E-state index contributed by atoms with van der Waals surface area (Å²) >= 11 is 7.08. The van der Waals surface area contributed by atoms with Crippen LogP contribution in [-0.4, -0.2) is 62.1 Å². The quantitative estimate of drug-likeness (QED) is 0.264. The van der Waals surface area contributed by atoms with Crippen molar-refractivity contribution in [1.29, 1.82) is 0 Å². The minimum absolute atomic E-state index is 0.00796. The molecule has 1 aromatic carbocycles. The van der Waals surface area contributed by atoms with Gasteiger partial charge in [-0.25, -0.2) is 9.78 Å². The Bertz CT molecular complexity index is 2220. The average molecular weight is 641 g/mol. The maximum atomic E-state index is 14.7. The van der Waals surface area contributed by atoms with Crippen molar-refractivity contribution in [3.8, 4) is 22.7 Å². The summed E-state index contributed by atoms with van der Waals surface area (Å²) in [6.07, 6.45) is 3.06. The van der Waals surface area contributed by atoms with Crippen molar-refractivity contribution in [3.63, 3.8) is 0 Å². The third kappa shape index (κ3) is 4.44. The number of amides is 1. The lowest BCUT2D eigenvalue weighted by Crippen LogP contribution is -2.62. The SMILES string of the molecule is C=CC(=O)N1CC2COc3c(c4cc(Cl)c(-c5c(C)ccc6[nH]c(=O)oc56)nc4n(-c4c(C)ccnc4C(C)C)c3=O)N2CC1C. The number of H-pyrrole nitrogens is 1. The Hall–Kier alpha value is -4.90. The number of aromatic nitrogens is 4. The number of carbonyl (C=O) groups excluding carboxylic acids is 1. The van der Waals surface area contributed by atoms with Gasteiger partial charge in [0.2, 0.25) is 11.7 Å². The van der Waals surface area contributed by atoms with Crippen LogP contribution in [0.15, 0.2) is 57.1 Å². The molecule has 11 nitrogen and oxygen atoms in total. The first-order valence-corrected chi connectivity index (χ1v) is 15.6. The number of hydrogen-bond donors (Lipinski definition) is 1. The van der Waals surface area contributed by atoms with Gasteiger partial charge in [-0.05, 0) is 62.1 Å². The molecule has 6 heterocycles. The van der Waals surface area contributed by atoms with Crippen molar-refractivity contribution >= 4 is 45.3 Å². The summed E-state index contributed by atoms with van der Waals surface area (Å²) in [6.45, 7) is 14.6. The Balaban J connectivity index is 1.58. The Kier molecular flexibility index (Phi) is 7.04. The Labute approximate surface area is 269 Å². The molecule has 12 heteroatoms. The number of aryl methyl sites for hydroxylation is 2. The lowest BCUT2D eigenvalue weighted by Gasteiger charge is -2.48. The van der Waals surface area contributed by atoms with Crippen LogP contribution in [0.4, 0.5) is 5.69 Å². The van der Waals surface area contributed by atoms with Gasteiger partial charge in [-0.2, -0.15) is 0 Å². The van der Waals surface area contributed by atoms with E-state index in [0.29, 0.717) is 62.9 Å². The van der Waals surface area contributed by atoms with E-state index >= 15 is 0 Å². The molecule has 0 bridgehead atoms. The second kappa shape index (κ2) is 10.9. The standard InChI is InChI=1S/C34H33ClN6O5/c1-7-24(42)39-14-20-15-45-31-29(40(20)13-19(39)6)21-12-22(35)27(25-17(4)8-9-23-30(25)46-34(44)37-23)38-32(21)41(33(31)43)28-18(5)10-11-36-26(28)16(2)3/h7-12,16,19-20H,1,13-15H2,2-6H3,(H,37,44). The van der Waals surface area contributed by atoms with Gasteiger partial charge in [0.15, 0.2) is 11.2 Å². The number of nitrogens with one attached hydrogen (secondary N) is 1. The van der Waals surface area contributed by atoms with E-state index in [0.717, 1.165) is 16.8 Å². The molecule has 5 aromatic rings. The zero-order chi connectivity index (χ0) is 32.6. The van der Waals surface area contributed by atoms with E-state index in [1.165, 1.54) is 6.08 Å². The van der Waals surface area contributed by atoms with E-state index in [2.05, 4.69) is 21.4 Å². The van der Waals surface area contributed by atoms with Crippen LogP contribution in [0.2, 0.25) is 5.02 Å². The number of oxazole rings is 1. The lowest BCUT2D eigenvalue weighted by atomic mass is 10.00. The maximum Gasteiger partial charge on any atom is 0.417 e. The normalized spacial score (nSPS) is 17.7. The van der Waals surface area contributed by atoms with Crippen molar-refractivity contribution in [3.05, 3.63) is 85.9 Å². The molecule has 2 aliphatic rings. The molecular weight excluding hydrogens is 608 g/mol. The zero-order valence-electron chi connectivity index (χ0n) is 26.2. The number of carbonyl (C=O) groups is 1. The molecule has 2 atom stereocenters. The molecule has 0 aliphatic carbocycles. The second-order valence-corrected chi connectivity index (χ2v) is 12.7. The molecule has 236 valence electrons. The van der Waals surface area contributed by atoms with Gasteiger partial charge in [0.1, 0.15) is 6.61 Å². The van der Waals surface area contributed by atoms with E-state index < -0.39 is 5.76 Å². The predicted molar refractivity (Wildman–Crippen MR) is 178 cm³/mol. The molecule has 1 amide bonds. The van der Waals surface area contributed by atoms with Gasteiger partial charge in [-0.1, -0.05) is 38.1 Å². The fraction of sp³-hybridized carbons (Fsp3) is 0.324. The number of aromatic amines is 1. The molecule has 2 aliphatic heterocycles. The van der Waals surface area contributed by atoms with Crippen LogP contribution in [0.25, 0.3) is 39.1 Å². The van der Waals surface area contributed by atoms with Crippen molar-refractivity contribution in [1.82, 2.24) is 24.4 Å². The first-order valence-electron chi connectivity index (χ1n) is 15.2. The van der Waals surface area contributed by atoms with Gasteiger partial charge in [-0.15, -0.1) is 0 Å². The Morgan fingerprint density at radius 1 is 1.15 bits per heavy atom. The third-order valence-corrected chi connectivity index (χ3v) is 9.29. The maximum absolute atomic E-state index is 14.7. The third-order valence-electron chi connectivity index (χ3n) is 9.00. The van der Waals surface area contributed by atoms with Crippen LogP contribution in [0.1, 0.15) is 43.5 Å². The second-order valence-electron chi connectivity index (χ2n) is 12.3. The fourth-order valence-corrected chi connectivity index (χ4v) is 7.04. The highest BCUT2D eigenvalue weighted by Gasteiger charge is 2.41. The number of benzene rings is 1. The fourth-order valence-electron chi connectivity index (χ4n) is 6.79. The molecule has 0 spiro atoms. The summed E-state index contributed by atoms with van der Waals surface area (Å²) in [6, 6.07) is 6.93. The number of rotatable bonds is 4. The van der Waals surface area contributed by atoms with Gasteiger partial charge in [-0.3, -0.25) is 24.1 Å². The van der Waals surface area contributed by atoms with Gasteiger partial charge < -0.3 is 19.0 Å². The molecule has 1 fully saturated rings. The molecule has 7 rings (SSSR count). The average Bonchev–Trinajstić information content (AvgIpc) is 3.41. The highest BCUT2D eigenvalue weighted by molar-refractivity contribution is 6.34. The molecule has 1 N–H and O–H groups in total. The van der Waals surface area contributed by atoms with Crippen LogP contribution in [0.5, 0.6) is 5.75 Å². The minimum atomic E-state index is -0.594. The van der Waals surface area contributed by atoms with Crippen LogP contribution in [-0.2, 0) is 4.79 Å². The largest absolute Gasteiger partial charge is 0.484 e.